The average Bonchev–Trinajstić information content (AvgIpc) is 1.85. The topological polar surface area (TPSA) is 26.3 Å². The second-order valence-electron chi connectivity index (χ2n) is 3.22. The summed E-state index contributed by atoms with van der Waals surface area (Å²) in [4.78, 5) is 10.7. The first-order valence-corrected chi connectivity index (χ1v) is 9.32. The van der Waals surface area contributed by atoms with Gasteiger partial charge in [-0.2, -0.15) is 0 Å². The van der Waals surface area contributed by atoms with E-state index >= 15 is 0 Å². The van der Waals surface area contributed by atoms with Crippen molar-refractivity contribution in [1.29, 1.82) is 0 Å². The van der Waals surface area contributed by atoms with Crippen molar-refractivity contribution in [3.8, 4) is 0 Å². The molecule has 4 heteroatoms. The zero-order valence-electron chi connectivity index (χ0n) is 7.43. The molecule has 2 nitrogen and oxygen atoms in total. The van der Waals surface area contributed by atoms with E-state index in [1.807, 2.05) is 0 Å². The van der Waals surface area contributed by atoms with E-state index in [-0.39, 0.29) is 5.97 Å². The Hall–Kier alpha value is 0.619. The van der Waals surface area contributed by atoms with Crippen molar-refractivity contribution in [3.05, 3.63) is 0 Å². The van der Waals surface area contributed by atoms with Gasteiger partial charge >= 0.3 is 81.3 Å². The third kappa shape index (κ3) is 8.53. The molecule has 0 N–H and O–H groups in total. The van der Waals surface area contributed by atoms with Crippen molar-refractivity contribution in [2.45, 2.75) is 24.2 Å². The molecule has 0 saturated heterocycles. The Morgan fingerprint density at radius 1 is 1.55 bits per heavy atom. The van der Waals surface area contributed by atoms with Crippen molar-refractivity contribution in [2.24, 2.45) is 0 Å². The molecule has 0 bridgehead atoms. The first kappa shape index (κ1) is 11.6. The van der Waals surface area contributed by atoms with E-state index in [0.29, 0.717) is 9.18 Å². The molecule has 2 radical (unpaired) electrons. The van der Waals surface area contributed by atoms with Gasteiger partial charge in [-0.1, -0.05) is 0 Å². The zero-order chi connectivity index (χ0) is 8.91. The molecule has 0 aliphatic heterocycles. The van der Waals surface area contributed by atoms with E-state index in [1.165, 1.54) is 7.11 Å². The van der Waals surface area contributed by atoms with E-state index in [1.54, 1.807) is 8.95 Å². The van der Waals surface area contributed by atoms with Crippen molar-refractivity contribution in [2.75, 3.05) is 12.9 Å². The van der Waals surface area contributed by atoms with Crippen molar-refractivity contribution >= 4 is 34.7 Å². The van der Waals surface area contributed by atoms with Gasteiger partial charge in [-0.05, 0) is 0 Å². The van der Waals surface area contributed by atoms with Gasteiger partial charge in [0.05, 0.1) is 0 Å². The number of methoxy groups -OCH3 is 1. The van der Waals surface area contributed by atoms with Crippen LogP contribution in [0.1, 0.15) is 20.8 Å². The third-order valence-electron chi connectivity index (χ3n) is 0.796. The summed E-state index contributed by atoms with van der Waals surface area (Å²) < 4.78 is 4.99. The molecule has 0 aromatic carbocycles. The van der Waals surface area contributed by atoms with Gasteiger partial charge in [0.1, 0.15) is 0 Å². The number of carbonyl (C=O) groups excluding carboxylic acids is 1. The monoisotopic (exact) mass is 282 g/mol. The van der Waals surface area contributed by atoms with Gasteiger partial charge in [0.25, 0.3) is 0 Å². The van der Waals surface area contributed by atoms with Crippen LogP contribution in [0.3, 0.4) is 0 Å². The van der Waals surface area contributed by atoms with Crippen LogP contribution in [-0.4, -0.2) is 38.6 Å². The fraction of sp³-hybridized carbons (Fsp3) is 0.857. The predicted octanol–water partition coefficient (Wildman–Crippen LogP) is 1.73. The Morgan fingerprint density at radius 2 is 2.09 bits per heavy atom. The molecule has 0 aliphatic carbocycles. The maximum absolute atomic E-state index is 10.7. The molecular weight excluding hydrogens is 267 g/mol. The van der Waals surface area contributed by atoms with Gasteiger partial charge in [0, 0.05) is 0 Å². The van der Waals surface area contributed by atoms with E-state index in [9.17, 15) is 4.79 Å². The van der Waals surface area contributed by atoms with Crippen LogP contribution in [-0.2, 0) is 9.53 Å². The molecule has 11 heavy (non-hydrogen) atoms. The molecule has 0 aliphatic rings. The Labute approximate surface area is 81.1 Å². The van der Waals surface area contributed by atoms with Crippen LogP contribution in [0.5, 0.6) is 0 Å². The van der Waals surface area contributed by atoms with Gasteiger partial charge in [0.2, 0.25) is 0 Å². The van der Waals surface area contributed by atoms with Gasteiger partial charge < -0.3 is 0 Å². The van der Waals surface area contributed by atoms with E-state index in [2.05, 4.69) is 25.5 Å². The van der Waals surface area contributed by atoms with Gasteiger partial charge in [-0.3, -0.25) is 0 Å². The summed E-state index contributed by atoms with van der Waals surface area (Å²) in [6.07, 6.45) is 0. The molecular formula is C7H14O2SSn. The quantitative estimate of drug-likeness (QED) is 0.582. The van der Waals surface area contributed by atoms with Crippen LogP contribution < -0.4 is 0 Å². The summed E-state index contributed by atoms with van der Waals surface area (Å²) in [5, 5.41) is 0. The summed E-state index contributed by atoms with van der Waals surface area (Å²) in [7, 11) is 3.22. The second kappa shape index (κ2) is 5.30. The third-order valence-corrected chi connectivity index (χ3v) is 9.65. The van der Waals surface area contributed by atoms with E-state index < -0.39 is 19.8 Å². The van der Waals surface area contributed by atoms with E-state index in [0.717, 1.165) is 0 Å². The second-order valence-corrected chi connectivity index (χ2v) is 12.5. The van der Waals surface area contributed by atoms with Crippen LogP contribution >= 0.6 is 8.95 Å². The summed E-state index contributed by atoms with van der Waals surface area (Å²) in [5.41, 5.74) is 0. The van der Waals surface area contributed by atoms with Crippen LogP contribution in [0.4, 0.5) is 0 Å². The molecule has 0 fully saturated rings. The molecule has 64 valence electrons. The van der Waals surface area contributed by atoms with Crippen molar-refractivity contribution in [1.82, 2.24) is 0 Å². The Balaban J connectivity index is 3.35. The van der Waals surface area contributed by atoms with Crippen LogP contribution in [0.15, 0.2) is 0 Å². The van der Waals surface area contributed by atoms with Gasteiger partial charge in [0.15, 0.2) is 0 Å². The molecule has 0 rings (SSSR count). The number of carbonyl (C=O) groups is 1. The number of rotatable bonds is 3. The minimum atomic E-state index is -0.450. The molecule has 0 amide bonds. The summed E-state index contributed by atoms with van der Waals surface area (Å²) >= 11 is -0.450. The van der Waals surface area contributed by atoms with Gasteiger partial charge in [-0.25, -0.2) is 0 Å². The number of esters is 1. The number of hydrogen-bond donors (Lipinski definition) is 0. The standard InChI is InChI=1S/C4H9.C3H6O2S.Sn/c1-4(2)3;1-5-3(4)2-6;/h1-3H3;6H,2H2,1H3;/q;;+1/p-1. The van der Waals surface area contributed by atoms with Crippen LogP contribution in [0, 0.1) is 0 Å². The molecule has 0 saturated carbocycles. The molecule has 0 aromatic rings. The summed E-state index contributed by atoms with van der Waals surface area (Å²) in [6, 6.07) is 0. The summed E-state index contributed by atoms with van der Waals surface area (Å²) in [6.45, 7) is 6.68. The first-order chi connectivity index (χ1) is 4.95. The summed E-state index contributed by atoms with van der Waals surface area (Å²) in [5.74, 6) is 0.445. The van der Waals surface area contributed by atoms with Crippen LogP contribution in [0.2, 0.25) is 3.43 Å². The SMILES string of the molecule is COC(=O)C[S][Sn][C](C)(C)C. The van der Waals surface area contributed by atoms with E-state index in [4.69, 9.17) is 0 Å². The minimum absolute atomic E-state index is 0.0971. The van der Waals surface area contributed by atoms with Crippen molar-refractivity contribution in [3.63, 3.8) is 0 Å². The fourth-order valence-corrected chi connectivity index (χ4v) is 6.45. The molecule has 0 heterocycles. The maximum atomic E-state index is 10.7. The molecule has 0 spiro atoms. The average molecular weight is 281 g/mol. The Kier molecular flexibility index (Phi) is 5.59. The molecule has 0 aromatic heterocycles. The fourth-order valence-electron chi connectivity index (χ4n) is 0.370. The normalized spacial score (nSPS) is 11.3. The van der Waals surface area contributed by atoms with Crippen LogP contribution in [0.25, 0.3) is 0 Å². The number of hydrogen-bond acceptors (Lipinski definition) is 3. The van der Waals surface area contributed by atoms with Crippen molar-refractivity contribution < 1.29 is 9.53 Å². The molecule has 0 atom stereocenters. The first-order valence-electron chi connectivity index (χ1n) is 3.41. The Bertz CT molecular complexity index is 131. The number of ether oxygens (including phenoxy) is 1. The van der Waals surface area contributed by atoms with Gasteiger partial charge in [-0.15, -0.1) is 0 Å². The predicted molar refractivity (Wildman–Crippen MR) is 49.9 cm³/mol. The Morgan fingerprint density at radius 3 is 2.45 bits per heavy atom. The molecule has 0 unspecified atom stereocenters. The zero-order valence-corrected chi connectivity index (χ0v) is 11.1.